The van der Waals surface area contributed by atoms with Gasteiger partial charge in [0, 0.05) is 16.3 Å². The summed E-state index contributed by atoms with van der Waals surface area (Å²) < 4.78 is 4.89. The maximum absolute atomic E-state index is 12.4. The number of hydrogen-bond acceptors (Lipinski definition) is 7. The lowest BCUT2D eigenvalue weighted by Gasteiger charge is -2.00. The molecule has 0 aliphatic carbocycles. The Morgan fingerprint density at radius 3 is 2.56 bits per heavy atom. The van der Waals surface area contributed by atoms with E-state index in [1.54, 1.807) is 17.7 Å². The third-order valence-corrected chi connectivity index (χ3v) is 5.45. The van der Waals surface area contributed by atoms with Gasteiger partial charge in [0.05, 0.1) is 18.7 Å². The molecule has 2 aromatic heterocycles. The highest BCUT2D eigenvalue weighted by Gasteiger charge is 2.15. The Balaban J connectivity index is 1.64. The van der Waals surface area contributed by atoms with E-state index in [9.17, 15) is 9.59 Å². The molecule has 1 N–H and O–H groups in total. The molecule has 1 aromatic carbocycles. The van der Waals surface area contributed by atoms with Crippen LogP contribution in [0.15, 0.2) is 35.0 Å². The Bertz CT molecular complexity index is 932. The number of anilines is 1. The van der Waals surface area contributed by atoms with Gasteiger partial charge in [-0.3, -0.25) is 14.9 Å². The summed E-state index contributed by atoms with van der Waals surface area (Å²) in [6.07, 6.45) is 1.08. The fraction of sp³-hybridized carbons (Fsp3) is 0.263. The lowest BCUT2D eigenvalue weighted by atomic mass is 10.1. The molecule has 1 amide bonds. The molecule has 0 atom stereocenters. The zero-order valence-electron chi connectivity index (χ0n) is 15.0. The number of hydrogen-bond donors (Lipinski definition) is 1. The maximum Gasteiger partial charge on any atom is 0.311 e. The van der Waals surface area contributed by atoms with Crippen molar-refractivity contribution in [2.75, 3.05) is 11.9 Å². The molecular weight excluding hydrogens is 382 g/mol. The molecule has 0 unspecified atom stereocenters. The zero-order chi connectivity index (χ0) is 19.2. The smallest absolute Gasteiger partial charge is 0.311 e. The van der Waals surface area contributed by atoms with Crippen LogP contribution < -0.4 is 5.32 Å². The average Bonchev–Trinajstić information content (AvgIpc) is 3.32. The highest BCUT2D eigenvalue weighted by atomic mass is 32.1. The summed E-state index contributed by atoms with van der Waals surface area (Å²) in [4.78, 5) is 32.6. The van der Waals surface area contributed by atoms with E-state index >= 15 is 0 Å². The van der Waals surface area contributed by atoms with Crippen LogP contribution >= 0.6 is 22.7 Å². The minimum absolute atomic E-state index is 0.0921. The maximum atomic E-state index is 12.4. The van der Waals surface area contributed by atoms with Gasteiger partial charge in [-0.15, -0.1) is 22.7 Å². The minimum Gasteiger partial charge on any atom is -0.466 e. The van der Waals surface area contributed by atoms with E-state index in [1.165, 1.54) is 28.2 Å². The molecule has 0 saturated heterocycles. The molecule has 2 heterocycles. The number of rotatable bonds is 7. The number of thiazole rings is 2. The third-order valence-electron chi connectivity index (χ3n) is 3.75. The largest absolute Gasteiger partial charge is 0.466 e. The molecule has 0 spiro atoms. The first kappa shape index (κ1) is 19.2. The lowest BCUT2D eigenvalue weighted by molar-refractivity contribution is -0.142. The Morgan fingerprint density at radius 1 is 1.07 bits per heavy atom. The van der Waals surface area contributed by atoms with Crippen LogP contribution in [0.3, 0.4) is 0 Å². The van der Waals surface area contributed by atoms with Gasteiger partial charge in [-0.05, 0) is 18.9 Å². The quantitative estimate of drug-likeness (QED) is 0.601. The van der Waals surface area contributed by atoms with Crippen molar-refractivity contribution in [3.05, 3.63) is 52.0 Å². The molecule has 3 rings (SSSR count). The topological polar surface area (TPSA) is 81.2 Å². The molecule has 27 heavy (non-hydrogen) atoms. The van der Waals surface area contributed by atoms with Crippen molar-refractivity contribution in [1.29, 1.82) is 0 Å². The number of amides is 1. The first-order valence-corrected chi connectivity index (χ1v) is 10.3. The Labute approximate surface area is 165 Å². The molecule has 0 aliphatic rings. The second kappa shape index (κ2) is 8.88. The minimum atomic E-state index is -0.334. The van der Waals surface area contributed by atoms with Gasteiger partial charge < -0.3 is 4.74 Å². The number of nitrogens with zero attached hydrogens (tertiary/aromatic N) is 2. The van der Waals surface area contributed by atoms with Crippen molar-refractivity contribution in [1.82, 2.24) is 9.97 Å². The van der Waals surface area contributed by atoms with Crippen LogP contribution in [0.1, 0.15) is 35.6 Å². The van der Waals surface area contributed by atoms with Gasteiger partial charge >= 0.3 is 5.97 Å². The summed E-state index contributed by atoms with van der Waals surface area (Å²) in [5, 5.41) is 7.41. The van der Waals surface area contributed by atoms with Gasteiger partial charge in [0.25, 0.3) is 5.91 Å². The van der Waals surface area contributed by atoms with E-state index in [-0.39, 0.29) is 18.3 Å². The second-order valence-corrected chi connectivity index (χ2v) is 7.38. The van der Waals surface area contributed by atoms with Gasteiger partial charge in [-0.2, -0.15) is 0 Å². The fourth-order valence-electron chi connectivity index (χ4n) is 2.36. The lowest BCUT2D eigenvalue weighted by Crippen LogP contribution is -2.12. The van der Waals surface area contributed by atoms with Gasteiger partial charge in [0.15, 0.2) is 5.13 Å². The number of nitrogens with one attached hydrogen (secondary N) is 1. The number of esters is 1. The van der Waals surface area contributed by atoms with Crippen molar-refractivity contribution in [3.8, 4) is 10.6 Å². The fourth-order valence-corrected chi connectivity index (χ4v) is 3.87. The number of benzene rings is 1. The molecule has 0 aliphatic heterocycles. The highest BCUT2D eigenvalue weighted by molar-refractivity contribution is 7.14. The molecule has 3 aromatic rings. The molecule has 0 fully saturated rings. The molecule has 0 saturated carbocycles. The van der Waals surface area contributed by atoms with Crippen LogP contribution in [0.5, 0.6) is 0 Å². The van der Waals surface area contributed by atoms with Crippen molar-refractivity contribution < 1.29 is 14.3 Å². The van der Waals surface area contributed by atoms with Crippen molar-refractivity contribution in [3.63, 3.8) is 0 Å². The van der Waals surface area contributed by atoms with E-state index in [0.29, 0.717) is 23.1 Å². The summed E-state index contributed by atoms with van der Waals surface area (Å²) in [7, 11) is 0. The standard InChI is InChI=1S/C19H19N3O3S2/c1-3-12-5-7-13(8-6-12)18-21-15(11-26-18)17(24)22-19-20-14(10-27-19)9-16(23)25-4-2/h5-8,10-11H,3-4,9H2,1-2H3,(H,20,22,24). The first-order valence-electron chi connectivity index (χ1n) is 8.55. The SMILES string of the molecule is CCOC(=O)Cc1csc(NC(=O)c2csc(-c3ccc(CC)cc3)n2)n1. The third kappa shape index (κ3) is 4.99. The molecule has 0 radical (unpaired) electrons. The van der Waals surface area contributed by atoms with E-state index in [0.717, 1.165) is 17.0 Å². The van der Waals surface area contributed by atoms with Gasteiger partial charge in [-0.1, -0.05) is 31.2 Å². The van der Waals surface area contributed by atoms with Crippen LogP contribution in [0, 0.1) is 0 Å². The number of aromatic nitrogens is 2. The predicted molar refractivity (Wildman–Crippen MR) is 107 cm³/mol. The van der Waals surface area contributed by atoms with Crippen LogP contribution in [0.2, 0.25) is 0 Å². The summed E-state index contributed by atoms with van der Waals surface area (Å²) >= 11 is 2.69. The van der Waals surface area contributed by atoms with Gasteiger partial charge in [0.1, 0.15) is 10.7 Å². The number of aryl methyl sites for hydroxylation is 1. The number of carbonyl (C=O) groups is 2. The summed E-state index contributed by atoms with van der Waals surface area (Å²) in [6, 6.07) is 8.16. The monoisotopic (exact) mass is 401 g/mol. The van der Waals surface area contributed by atoms with Crippen molar-refractivity contribution in [2.24, 2.45) is 0 Å². The van der Waals surface area contributed by atoms with Crippen LogP contribution in [0.25, 0.3) is 10.6 Å². The molecule has 8 heteroatoms. The van der Waals surface area contributed by atoms with Crippen LogP contribution in [-0.4, -0.2) is 28.5 Å². The normalized spacial score (nSPS) is 10.6. The average molecular weight is 402 g/mol. The molecule has 6 nitrogen and oxygen atoms in total. The number of carbonyl (C=O) groups excluding carboxylic acids is 2. The molecule has 140 valence electrons. The highest BCUT2D eigenvalue weighted by Crippen LogP contribution is 2.25. The Morgan fingerprint density at radius 2 is 1.85 bits per heavy atom. The van der Waals surface area contributed by atoms with Crippen molar-refractivity contribution in [2.45, 2.75) is 26.7 Å². The summed E-state index contributed by atoms with van der Waals surface area (Å²) in [5.41, 5.74) is 3.17. The van der Waals surface area contributed by atoms with E-state index in [4.69, 9.17) is 4.74 Å². The Hall–Kier alpha value is -2.58. The van der Waals surface area contributed by atoms with E-state index in [2.05, 4.69) is 34.3 Å². The Kier molecular flexibility index (Phi) is 6.31. The summed E-state index contributed by atoms with van der Waals surface area (Å²) in [5.74, 6) is -0.654. The predicted octanol–water partition coefficient (Wildman–Crippen LogP) is 4.19. The number of ether oxygens (including phenoxy) is 1. The second-order valence-electron chi connectivity index (χ2n) is 5.67. The van der Waals surface area contributed by atoms with Crippen LogP contribution in [-0.2, 0) is 22.4 Å². The van der Waals surface area contributed by atoms with Crippen molar-refractivity contribution >= 4 is 39.7 Å². The van der Waals surface area contributed by atoms with E-state index in [1.807, 2.05) is 12.1 Å². The zero-order valence-corrected chi connectivity index (χ0v) is 16.7. The van der Waals surface area contributed by atoms with Crippen LogP contribution in [0.4, 0.5) is 5.13 Å². The molecule has 0 bridgehead atoms. The van der Waals surface area contributed by atoms with Gasteiger partial charge in [0.2, 0.25) is 0 Å². The summed E-state index contributed by atoms with van der Waals surface area (Å²) in [6.45, 7) is 4.20. The van der Waals surface area contributed by atoms with E-state index < -0.39 is 0 Å². The first-order chi connectivity index (χ1) is 13.1. The molecular formula is C19H19N3O3S2. The van der Waals surface area contributed by atoms with Gasteiger partial charge in [-0.25, -0.2) is 9.97 Å².